The van der Waals surface area contributed by atoms with E-state index in [1.54, 1.807) is 0 Å². The predicted molar refractivity (Wildman–Crippen MR) is 77.1 cm³/mol. The number of imidazole rings is 1. The molecule has 0 saturated heterocycles. The number of rotatable bonds is 6. The third-order valence-corrected chi connectivity index (χ3v) is 3.16. The Balaban J connectivity index is 2.08. The molecule has 98 valence electrons. The number of aryl methyl sites for hydroxylation is 1. The van der Waals surface area contributed by atoms with Gasteiger partial charge in [0.2, 0.25) is 5.95 Å². The number of nitrogens with one attached hydrogen (secondary N) is 1. The summed E-state index contributed by atoms with van der Waals surface area (Å²) >= 11 is 0. The van der Waals surface area contributed by atoms with E-state index in [0.717, 1.165) is 31.1 Å². The molecule has 4 nitrogen and oxygen atoms in total. The molecule has 4 heteroatoms. The van der Waals surface area contributed by atoms with Gasteiger partial charge in [-0.25, -0.2) is 4.98 Å². The van der Waals surface area contributed by atoms with E-state index in [9.17, 15) is 0 Å². The van der Waals surface area contributed by atoms with Crippen LogP contribution in [0.15, 0.2) is 24.3 Å². The average Bonchev–Trinajstić information content (AvgIpc) is 2.73. The Bertz CT molecular complexity index is 503. The van der Waals surface area contributed by atoms with Gasteiger partial charge in [0.15, 0.2) is 0 Å². The van der Waals surface area contributed by atoms with E-state index in [-0.39, 0.29) is 0 Å². The maximum atomic E-state index is 4.67. The quantitative estimate of drug-likeness (QED) is 0.792. The molecule has 0 unspecified atom stereocenters. The molecule has 0 aliphatic heterocycles. The Kier molecular flexibility index (Phi) is 4.20. The molecule has 18 heavy (non-hydrogen) atoms. The zero-order chi connectivity index (χ0) is 13.0. The fourth-order valence-corrected chi connectivity index (χ4v) is 2.12. The van der Waals surface area contributed by atoms with E-state index in [0.29, 0.717) is 0 Å². The van der Waals surface area contributed by atoms with E-state index >= 15 is 0 Å². The van der Waals surface area contributed by atoms with Gasteiger partial charge < -0.3 is 14.8 Å². The SMILES string of the molecule is CCCNCCN(C)c1nc2ccccc2n1C. The van der Waals surface area contributed by atoms with Crippen LogP contribution in [-0.2, 0) is 7.05 Å². The maximum absolute atomic E-state index is 4.67. The summed E-state index contributed by atoms with van der Waals surface area (Å²) < 4.78 is 2.15. The van der Waals surface area contributed by atoms with E-state index in [1.807, 2.05) is 6.07 Å². The van der Waals surface area contributed by atoms with Crippen LogP contribution in [0.5, 0.6) is 0 Å². The first-order chi connectivity index (χ1) is 8.74. The van der Waals surface area contributed by atoms with Crippen molar-refractivity contribution in [1.29, 1.82) is 0 Å². The second-order valence-corrected chi connectivity index (χ2v) is 4.63. The minimum Gasteiger partial charge on any atom is -0.344 e. The molecule has 0 radical (unpaired) electrons. The van der Waals surface area contributed by atoms with Gasteiger partial charge in [0.05, 0.1) is 11.0 Å². The zero-order valence-corrected chi connectivity index (χ0v) is 11.5. The van der Waals surface area contributed by atoms with Gasteiger partial charge in [-0.05, 0) is 25.1 Å². The van der Waals surface area contributed by atoms with Crippen molar-refractivity contribution in [3.8, 4) is 0 Å². The molecule has 0 atom stereocenters. The fourth-order valence-electron chi connectivity index (χ4n) is 2.12. The Morgan fingerprint density at radius 3 is 2.78 bits per heavy atom. The smallest absolute Gasteiger partial charge is 0.206 e. The molecule has 0 bridgehead atoms. The highest BCUT2D eigenvalue weighted by Gasteiger charge is 2.10. The van der Waals surface area contributed by atoms with Crippen LogP contribution in [0.3, 0.4) is 0 Å². The first-order valence-corrected chi connectivity index (χ1v) is 6.57. The van der Waals surface area contributed by atoms with Crippen molar-refractivity contribution < 1.29 is 0 Å². The summed E-state index contributed by atoms with van der Waals surface area (Å²) in [5, 5.41) is 3.41. The van der Waals surface area contributed by atoms with Crippen LogP contribution in [-0.4, -0.2) is 36.2 Å². The van der Waals surface area contributed by atoms with Crippen molar-refractivity contribution in [2.24, 2.45) is 7.05 Å². The molecule has 0 spiro atoms. The maximum Gasteiger partial charge on any atom is 0.206 e. The molecule has 1 aromatic heterocycles. The van der Waals surface area contributed by atoms with Crippen LogP contribution in [0.1, 0.15) is 13.3 Å². The molecule has 0 amide bonds. The fraction of sp³-hybridized carbons (Fsp3) is 0.500. The van der Waals surface area contributed by atoms with Crippen LogP contribution in [0.4, 0.5) is 5.95 Å². The summed E-state index contributed by atoms with van der Waals surface area (Å²) in [5.41, 5.74) is 2.24. The normalized spacial score (nSPS) is 11.1. The van der Waals surface area contributed by atoms with Crippen LogP contribution >= 0.6 is 0 Å². The number of para-hydroxylation sites is 2. The van der Waals surface area contributed by atoms with E-state index in [1.165, 1.54) is 11.9 Å². The number of nitrogens with zero attached hydrogens (tertiary/aromatic N) is 3. The zero-order valence-electron chi connectivity index (χ0n) is 11.5. The summed E-state index contributed by atoms with van der Waals surface area (Å²) in [6.07, 6.45) is 1.18. The lowest BCUT2D eigenvalue weighted by Crippen LogP contribution is -2.30. The second kappa shape index (κ2) is 5.87. The molecule has 1 aromatic carbocycles. The average molecular weight is 246 g/mol. The summed E-state index contributed by atoms with van der Waals surface area (Å²) in [4.78, 5) is 6.87. The van der Waals surface area contributed by atoms with Gasteiger partial charge in [-0.15, -0.1) is 0 Å². The number of aromatic nitrogens is 2. The molecular weight excluding hydrogens is 224 g/mol. The lowest BCUT2D eigenvalue weighted by atomic mass is 10.3. The Hall–Kier alpha value is -1.55. The molecule has 2 rings (SSSR count). The van der Waals surface area contributed by atoms with Gasteiger partial charge in [-0.2, -0.15) is 0 Å². The molecule has 2 aromatic rings. The number of fused-ring (bicyclic) bond motifs is 1. The highest BCUT2D eigenvalue weighted by atomic mass is 15.3. The van der Waals surface area contributed by atoms with Gasteiger partial charge in [0.1, 0.15) is 0 Å². The van der Waals surface area contributed by atoms with Crippen molar-refractivity contribution in [3.63, 3.8) is 0 Å². The van der Waals surface area contributed by atoms with Gasteiger partial charge in [0, 0.05) is 27.2 Å². The minimum absolute atomic E-state index is 0.969. The topological polar surface area (TPSA) is 33.1 Å². The first-order valence-electron chi connectivity index (χ1n) is 6.57. The number of benzene rings is 1. The van der Waals surface area contributed by atoms with Gasteiger partial charge in [0.25, 0.3) is 0 Å². The van der Waals surface area contributed by atoms with Gasteiger partial charge in [-0.1, -0.05) is 19.1 Å². The van der Waals surface area contributed by atoms with E-state index in [4.69, 9.17) is 0 Å². The van der Waals surface area contributed by atoms with Gasteiger partial charge in [-0.3, -0.25) is 0 Å². The summed E-state index contributed by atoms with van der Waals surface area (Å²) in [6, 6.07) is 8.25. The van der Waals surface area contributed by atoms with Crippen molar-refractivity contribution in [1.82, 2.24) is 14.9 Å². The lowest BCUT2D eigenvalue weighted by molar-refractivity contribution is 0.658. The van der Waals surface area contributed by atoms with Crippen LogP contribution in [0.2, 0.25) is 0 Å². The lowest BCUT2D eigenvalue weighted by Gasteiger charge is -2.18. The number of likely N-dealkylation sites (N-methyl/N-ethyl adjacent to an activating group) is 1. The molecule has 0 aliphatic rings. The number of hydrogen-bond acceptors (Lipinski definition) is 3. The van der Waals surface area contributed by atoms with Crippen molar-refractivity contribution in [2.75, 3.05) is 31.6 Å². The van der Waals surface area contributed by atoms with Crippen molar-refractivity contribution in [2.45, 2.75) is 13.3 Å². The third kappa shape index (κ3) is 2.64. The number of hydrogen-bond donors (Lipinski definition) is 1. The number of anilines is 1. The Morgan fingerprint density at radius 1 is 1.28 bits per heavy atom. The summed E-state index contributed by atoms with van der Waals surface area (Å²) in [5.74, 6) is 1.02. The molecule has 0 aliphatic carbocycles. The monoisotopic (exact) mass is 246 g/mol. The van der Waals surface area contributed by atoms with Crippen LogP contribution in [0, 0.1) is 0 Å². The van der Waals surface area contributed by atoms with Crippen molar-refractivity contribution >= 4 is 17.0 Å². The molecule has 0 fully saturated rings. The van der Waals surface area contributed by atoms with Gasteiger partial charge >= 0.3 is 0 Å². The molecule has 1 heterocycles. The Morgan fingerprint density at radius 2 is 2.06 bits per heavy atom. The largest absolute Gasteiger partial charge is 0.344 e. The third-order valence-electron chi connectivity index (χ3n) is 3.16. The van der Waals surface area contributed by atoms with E-state index < -0.39 is 0 Å². The van der Waals surface area contributed by atoms with Crippen LogP contribution < -0.4 is 10.2 Å². The second-order valence-electron chi connectivity index (χ2n) is 4.63. The van der Waals surface area contributed by atoms with E-state index in [2.05, 4.69) is 59.0 Å². The Labute approximate surface area is 109 Å². The highest BCUT2D eigenvalue weighted by Crippen LogP contribution is 2.19. The highest BCUT2D eigenvalue weighted by molar-refractivity contribution is 5.78. The standard InChI is InChI=1S/C14H22N4/c1-4-9-15-10-11-17(2)14-16-12-7-5-6-8-13(12)18(14)3/h5-8,15H,4,9-11H2,1-3H3. The summed E-state index contributed by atoms with van der Waals surface area (Å²) in [7, 11) is 4.16. The summed E-state index contributed by atoms with van der Waals surface area (Å²) in [6.45, 7) is 5.23. The first kappa shape index (κ1) is 12.9. The van der Waals surface area contributed by atoms with Crippen LogP contribution in [0.25, 0.3) is 11.0 Å². The molecular formula is C14H22N4. The molecule has 0 saturated carbocycles. The minimum atomic E-state index is 0.969. The van der Waals surface area contributed by atoms with Crippen molar-refractivity contribution in [3.05, 3.63) is 24.3 Å². The predicted octanol–water partition coefficient (Wildman–Crippen LogP) is 2.01. The molecule has 1 N–H and O–H groups in total.